The van der Waals surface area contributed by atoms with Crippen molar-refractivity contribution < 1.29 is 8.42 Å². The summed E-state index contributed by atoms with van der Waals surface area (Å²) in [5.41, 5.74) is 7.36. The first kappa shape index (κ1) is 15.0. The minimum Gasteiger partial charge on any atom is -0.326 e. The van der Waals surface area contributed by atoms with E-state index in [0.717, 1.165) is 30.6 Å². The molecular formula is C15H23N3O2S. The molecule has 1 aliphatic carbocycles. The molecule has 1 aromatic carbocycles. The molecule has 1 unspecified atom stereocenters. The van der Waals surface area contributed by atoms with Gasteiger partial charge in [-0.05, 0) is 30.4 Å². The van der Waals surface area contributed by atoms with E-state index in [2.05, 4.69) is 9.62 Å². The molecule has 0 amide bonds. The molecular weight excluding hydrogens is 286 g/mol. The van der Waals surface area contributed by atoms with E-state index in [1.807, 2.05) is 24.3 Å². The molecule has 2 aliphatic rings. The Balaban J connectivity index is 1.61. The summed E-state index contributed by atoms with van der Waals surface area (Å²) >= 11 is 0. The number of hydrogen-bond donors (Lipinski definition) is 2. The molecule has 1 atom stereocenters. The molecule has 0 bridgehead atoms. The number of nitrogens with one attached hydrogen (secondary N) is 1. The van der Waals surface area contributed by atoms with Gasteiger partial charge in [0.05, 0.1) is 5.75 Å². The third-order valence-corrected chi connectivity index (χ3v) is 5.70. The summed E-state index contributed by atoms with van der Waals surface area (Å²) in [5, 5.41) is 0. The van der Waals surface area contributed by atoms with Crippen LogP contribution in [0.25, 0.3) is 0 Å². The van der Waals surface area contributed by atoms with Gasteiger partial charge in [-0.1, -0.05) is 24.3 Å². The Morgan fingerprint density at radius 2 is 1.90 bits per heavy atom. The molecule has 21 heavy (non-hydrogen) atoms. The van der Waals surface area contributed by atoms with E-state index in [4.69, 9.17) is 5.73 Å². The quantitative estimate of drug-likeness (QED) is 0.815. The zero-order chi connectivity index (χ0) is 14.9. The summed E-state index contributed by atoms with van der Waals surface area (Å²) in [6, 6.07) is 8.23. The van der Waals surface area contributed by atoms with Gasteiger partial charge in [-0.3, -0.25) is 4.90 Å². The topological polar surface area (TPSA) is 75.4 Å². The van der Waals surface area contributed by atoms with Gasteiger partial charge in [0, 0.05) is 31.7 Å². The summed E-state index contributed by atoms with van der Waals surface area (Å²) in [6.45, 7) is 2.23. The van der Waals surface area contributed by atoms with Crippen LogP contribution in [0.5, 0.6) is 0 Å². The van der Waals surface area contributed by atoms with Crippen molar-refractivity contribution in [2.24, 2.45) is 5.73 Å². The number of likely N-dealkylation sites (tertiary alicyclic amines) is 1. The second-order valence-corrected chi connectivity index (χ2v) is 7.82. The van der Waals surface area contributed by atoms with Gasteiger partial charge in [-0.25, -0.2) is 13.1 Å². The fourth-order valence-corrected chi connectivity index (χ4v) is 4.53. The maximum atomic E-state index is 12.3. The lowest BCUT2D eigenvalue weighted by Gasteiger charge is -2.16. The monoisotopic (exact) mass is 309 g/mol. The molecule has 116 valence electrons. The van der Waals surface area contributed by atoms with Gasteiger partial charge in [-0.15, -0.1) is 0 Å². The van der Waals surface area contributed by atoms with Crippen LogP contribution in [-0.4, -0.2) is 38.5 Å². The van der Waals surface area contributed by atoms with Crippen molar-refractivity contribution in [1.29, 1.82) is 0 Å². The van der Waals surface area contributed by atoms with Crippen molar-refractivity contribution >= 4 is 10.0 Å². The smallest absolute Gasteiger partial charge is 0.216 e. The Hall–Kier alpha value is -0.950. The Morgan fingerprint density at radius 1 is 1.19 bits per heavy atom. The average molecular weight is 309 g/mol. The predicted octanol–water partition coefficient (Wildman–Crippen LogP) is 0.801. The van der Waals surface area contributed by atoms with E-state index in [1.54, 1.807) is 0 Å². The predicted molar refractivity (Wildman–Crippen MR) is 83.1 cm³/mol. The third kappa shape index (κ3) is 3.83. The standard InChI is InChI=1S/C15H23N3O2S/c16-9-12-3-1-2-4-13(12)11-21(19,20)17-14-7-8-18(10-14)15-5-6-15/h1-4,14-15,17H,5-11,16H2. The minimum atomic E-state index is -3.31. The summed E-state index contributed by atoms with van der Waals surface area (Å²) in [7, 11) is -3.31. The van der Waals surface area contributed by atoms with Crippen molar-refractivity contribution in [3.05, 3.63) is 35.4 Å². The van der Waals surface area contributed by atoms with E-state index < -0.39 is 10.0 Å². The molecule has 3 N–H and O–H groups in total. The highest BCUT2D eigenvalue weighted by molar-refractivity contribution is 7.88. The summed E-state index contributed by atoms with van der Waals surface area (Å²) in [4.78, 5) is 2.40. The number of nitrogens with zero attached hydrogens (tertiary/aromatic N) is 1. The number of nitrogens with two attached hydrogens (primary N) is 1. The van der Waals surface area contributed by atoms with Gasteiger partial charge < -0.3 is 5.73 Å². The molecule has 1 heterocycles. The maximum Gasteiger partial charge on any atom is 0.216 e. The van der Waals surface area contributed by atoms with Crippen LogP contribution in [0.1, 0.15) is 30.4 Å². The van der Waals surface area contributed by atoms with Crippen LogP contribution >= 0.6 is 0 Å². The zero-order valence-electron chi connectivity index (χ0n) is 12.2. The lowest BCUT2D eigenvalue weighted by molar-refractivity contribution is 0.322. The van der Waals surface area contributed by atoms with E-state index in [-0.39, 0.29) is 11.8 Å². The molecule has 0 spiro atoms. The molecule has 1 aliphatic heterocycles. The van der Waals surface area contributed by atoms with E-state index >= 15 is 0 Å². The van der Waals surface area contributed by atoms with Gasteiger partial charge in [0.25, 0.3) is 0 Å². The van der Waals surface area contributed by atoms with Gasteiger partial charge in [0.2, 0.25) is 10.0 Å². The summed E-state index contributed by atoms with van der Waals surface area (Å²) < 4.78 is 27.5. The molecule has 1 saturated carbocycles. The number of sulfonamides is 1. The highest BCUT2D eigenvalue weighted by atomic mass is 32.2. The van der Waals surface area contributed by atoms with Crippen molar-refractivity contribution in [2.45, 2.75) is 43.6 Å². The first-order chi connectivity index (χ1) is 10.1. The minimum absolute atomic E-state index is 0.0142. The van der Waals surface area contributed by atoms with Crippen LogP contribution < -0.4 is 10.5 Å². The normalized spacial score (nSPS) is 23.6. The second kappa shape index (κ2) is 6.04. The Bertz CT molecular complexity index is 599. The number of rotatable bonds is 6. The Morgan fingerprint density at radius 3 is 2.57 bits per heavy atom. The molecule has 6 heteroatoms. The molecule has 0 radical (unpaired) electrons. The number of hydrogen-bond acceptors (Lipinski definition) is 4. The van der Waals surface area contributed by atoms with Gasteiger partial charge >= 0.3 is 0 Å². The van der Waals surface area contributed by atoms with Crippen molar-refractivity contribution in [1.82, 2.24) is 9.62 Å². The number of benzene rings is 1. The van der Waals surface area contributed by atoms with Crippen LogP contribution in [0.2, 0.25) is 0 Å². The first-order valence-electron chi connectivity index (χ1n) is 7.58. The van der Waals surface area contributed by atoms with Crippen molar-refractivity contribution in [2.75, 3.05) is 13.1 Å². The largest absolute Gasteiger partial charge is 0.326 e. The molecule has 3 rings (SSSR count). The highest BCUT2D eigenvalue weighted by Crippen LogP contribution is 2.30. The van der Waals surface area contributed by atoms with Crippen LogP contribution in [0.3, 0.4) is 0 Å². The highest BCUT2D eigenvalue weighted by Gasteiger charge is 2.35. The lowest BCUT2D eigenvalue weighted by atomic mass is 10.1. The van der Waals surface area contributed by atoms with Crippen LogP contribution in [0.15, 0.2) is 24.3 Å². The molecule has 5 nitrogen and oxygen atoms in total. The fourth-order valence-electron chi connectivity index (χ4n) is 3.05. The van der Waals surface area contributed by atoms with E-state index in [9.17, 15) is 8.42 Å². The molecule has 0 aromatic heterocycles. The van der Waals surface area contributed by atoms with Crippen LogP contribution in [0, 0.1) is 0 Å². The lowest BCUT2D eigenvalue weighted by Crippen LogP contribution is -2.38. The zero-order valence-corrected chi connectivity index (χ0v) is 13.0. The van der Waals surface area contributed by atoms with Gasteiger partial charge in [0.15, 0.2) is 0 Å². The summed E-state index contributed by atoms with van der Waals surface area (Å²) in [5.74, 6) is 0.0142. The SMILES string of the molecule is NCc1ccccc1CS(=O)(=O)NC1CCN(C2CC2)C1. The Labute approximate surface area is 126 Å². The van der Waals surface area contributed by atoms with Crippen molar-refractivity contribution in [3.8, 4) is 0 Å². The Kier molecular flexibility index (Phi) is 4.31. The fraction of sp³-hybridized carbons (Fsp3) is 0.600. The van der Waals surface area contributed by atoms with Gasteiger partial charge in [-0.2, -0.15) is 0 Å². The molecule has 2 fully saturated rings. The van der Waals surface area contributed by atoms with E-state index in [0.29, 0.717) is 12.6 Å². The maximum absolute atomic E-state index is 12.3. The summed E-state index contributed by atoms with van der Waals surface area (Å²) in [6.07, 6.45) is 3.45. The average Bonchev–Trinajstić information content (AvgIpc) is 3.20. The molecule has 1 saturated heterocycles. The second-order valence-electron chi connectivity index (χ2n) is 6.06. The van der Waals surface area contributed by atoms with Crippen LogP contribution in [-0.2, 0) is 22.3 Å². The first-order valence-corrected chi connectivity index (χ1v) is 9.23. The van der Waals surface area contributed by atoms with Crippen molar-refractivity contribution in [3.63, 3.8) is 0 Å². The van der Waals surface area contributed by atoms with Gasteiger partial charge in [0.1, 0.15) is 0 Å². The molecule has 1 aromatic rings. The van der Waals surface area contributed by atoms with E-state index in [1.165, 1.54) is 12.8 Å². The third-order valence-electron chi connectivity index (χ3n) is 4.31. The van der Waals surface area contributed by atoms with Crippen LogP contribution in [0.4, 0.5) is 0 Å².